The van der Waals surface area contributed by atoms with Gasteiger partial charge >= 0.3 is 0 Å². The Bertz CT molecular complexity index is 165. The average molecular weight is 155 g/mol. The SMILES string of the molecule is C/C(=C/N(C)C(C)(C)C)N=N. The molecule has 0 radical (unpaired) electrons. The maximum Gasteiger partial charge on any atom is 0.0751 e. The van der Waals surface area contributed by atoms with Gasteiger partial charge in [0, 0.05) is 18.8 Å². The Morgan fingerprint density at radius 1 is 1.45 bits per heavy atom. The fourth-order valence-electron chi connectivity index (χ4n) is 0.503. The molecule has 0 aliphatic heterocycles. The highest BCUT2D eigenvalue weighted by atomic mass is 15.1. The van der Waals surface area contributed by atoms with Crippen LogP contribution in [0.15, 0.2) is 17.0 Å². The zero-order chi connectivity index (χ0) is 9.07. The van der Waals surface area contributed by atoms with Crippen molar-refractivity contribution >= 4 is 0 Å². The molecule has 0 rings (SSSR count). The van der Waals surface area contributed by atoms with E-state index in [-0.39, 0.29) is 5.54 Å². The first-order valence-electron chi connectivity index (χ1n) is 3.66. The molecule has 0 atom stereocenters. The number of nitrogens with one attached hydrogen (secondary N) is 1. The van der Waals surface area contributed by atoms with Crippen LogP contribution in [0.1, 0.15) is 27.7 Å². The van der Waals surface area contributed by atoms with Gasteiger partial charge in [0.1, 0.15) is 0 Å². The predicted octanol–water partition coefficient (Wildman–Crippen LogP) is 2.61. The smallest absolute Gasteiger partial charge is 0.0751 e. The Morgan fingerprint density at radius 3 is 2.18 bits per heavy atom. The third-order valence-corrected chi connectivity index (χ3v) is 1.61. The third kappa shape index (κ3) is 3.75. The summed E-state index contributed by atoms with van der Waals surface area (Å²) in [7, 11) is 1.98. The maximum absolute atomic E-state index is 6.74. The zero-order valence-corrected chi connectivity index (χ0v) is 7.97. The van der Waals surface area contributed by atoms with E-state index >= 15 is 0 Å². The number of hydrogen-bond donors (Lipinski definition) is 1. The van der Waals surface area contributed by atoms with Gasteiger partial charge in [-0.3, -0.25) is 0 Å². The van der Waals surface area contributed by atoms with Crippen LogP contribution < -0.4 is 0 Å². The van der Waals surface area contributed by atoms with E-state index in [2.05, 4.69) is 25.9 Å². The molecule has 0 aromatic carbocycles. The molecular weight excluding hydrogens is 138 g/mol. The van der Waals surface area contributed by atoms with E-state index in [4.69, 9.17) is 5.53 Å². The summed E-state index contributed by atoms with van der Waals surface area (Å²) in [5, 5.41) is 3.31. The lowest BCUT2D eigenvalue weighted by Gasteiger charge is -2.30. The van der Waals surface area contributed by atoms with Gasteiger partial charge in [0.05, 0.1) is 5.70 Å². The molecule has 0 saturated heterocycles. The molecule has 0 aromatic rings. The molecule has 0 unspecified atom stereocenters. The molecule has 0 aliphatic rings. The van der Waals surface area contributed by atoms with Crippen LogP contribution in [0.25, 0.3) is 0 Å². The van der Waals surface area contributed by atoms with Gasteiger partial charge in [-0.25, -0.2) is 5.53 Å². The van der Waals surface area contributed by atoms with E-state index < -0.39 is 0 Å². The van der Waals surface area contributed by atoms with Crippen molar-refractivity contribution in [3.8, 4) is 0 Å². The van der Waals surface area contributed by atoms with Crippen LogP contribution in [0.5, 0.6) is 0 Å². The van der Waals surface area contributed by atoms with Crippen molar-refractivity contribution in [3.05, 3.63) is 11.9 Å². The number of allylic oxidation sites excluding steroid dienone is 1. The molecule has 0 fully saturated rings. The molecule has 0 aliphatic carbocycles. The average Bonchev–Trinajstić information content (AvgIpc) is 1.85. The summed E-state index contributed by atoms with van der Waals surface area (Å²) in [6.07, 6.45) is 1.87. The molecule has 0 amide bonds. The minimum Gasteiger partial charge on any atom is -0.374 e. The Morgan fingerprint density at radius 2 is 1.91 bits per heavy atom. The fraction of sp³-hybridized carbons (Fsp3) is 0.750. The summed E-state index contributed by atoms with van der Waals surface area (Å²) >= 11 is 0. The van der Waals surface area contributed by atoms with Crippen molar-refractivity contribution in [3.63, 3.8) is 0 Å². The second-order valence-corrected chi connectivity index (χ2v) is 3.66. The summed E-state index contributed by atoms with van der Waals surface area (Å²) < 4.78 is 0. The lowest BCUT2D eigenvalue weighted by atomic mass is 10.1. The second-order valence-electron chi connectivity index (χ2n) is 3.66. The molecule has 64 valence electrons. The van der Waals surface area contributed by atoms with Crippen molar-refractivity contribution in [2.24, 2.45) is 5.11 Å². The third-order valence-electron chi connectivity index (χ3n) is 1.61. The van der Waals surface area contributed by atoms with E-state index in [1.54, 1.807) is 0 Å². The molecule has 0 bridgehead atoms. The van der Waals surface area contributed by atoms with Crippen LogP contribution in [0.4, 0.5) is 0 Å². The fourth-order valence-corrected chi connectivity index (χ4v) is 0.503. The van der Waals surface area contributed by atoms with Gasteiger partial charge in [-0.05, 0) is 27.7 Å². The Labute approximate surface area is 68.6 Å². The van der Waals surface area contributed by atoms with Crippen molar-refractivity contribution in [1.29, 1.82) is 5.53 Å². The van der Waals surface area contributed by atoms with Gasteiger partial charge in [0.15, 0.2) is 0 Å². The first-order chi connectivity index (χ1) is 4.88. The lowest BCUT2D eigenvalue weighted by molar-refractivity contribution is 0.248. The van der Waals surface area contributed by atoms with Crippen molar-refractivity contribution in [1.82, 2.24) is 4.90 Å². The van der Waals surface area contributed by atoms with Crippen LogP contribution >= 0.6 is 0 Å². The number of hydrogen-bond acceptors (Lipinski definition) is 3. The quantitative estimate of drug-likeness (QED) is 0.612. The van der Waals surface area contributed by atoms with Crippen LogP contribution in [0, 0.1) is 5.53 Å². The highest BCUT2D eigenvalue weighted by Crippen LogP contribution is 2.12. The summed E-state index contributed by atoms with van der Waals surface area (Å²) in [5.41, 5.74) is 7.56. The van der Waals surface area contributed by atoms with Crippen LogP contribution in [0.2, 0.25) is 0 Å². The highest BCUT2D eigenvalue weighted by molar-refractivity contribution is 4.95. The van der Waals surface area contributed by atoms with Gasteiger partial charge < -0.3 is 4.90 Å². The summed E-state index contributed by atoms with van der Waals surface area (Å²) in [6, 6.07) is 0. The summed E-state index contributed by atoms with van der Waals surface area (Å²) in [5.74, 6) is 0. The van der Waals surface area contributed by atoms with Gasteiger partial charge in [-0.2, -0.15) is 5.11 Å². The highest BCUT2D eigenvalue weighted by Gasteiger charge is 2.13. The van der Waals surface area contributed by atoms with E-state index in [1.165, 1.54) is 0 Å². The molecule has 1 N–H and O–H groups in total. The van der Waals surface area contributed by atoms with Crippen molar-refractivity contribution in [2.75, 3.05) is 7.05 Å². The first-order valence-corrected chi connectivity index (χ1v) is 3.66. The monoisotopic (exact) mass is 155 g/mol. The summed E-state index contributed by atoms with van der Waals surface area (Å²) in [6.45, 7) is 8.15. The van der Waals surface area contributed by atoms with Crippen LogP contribution in [-0.2, 0) is 0 Å². The van der Waals surface area contributed by atoms with Crippen molar-refractivity contribution < 1.29 is 0 Å². The largest absolute Gasteiger partial charge is 0.374 e. The topological polar surface area (TPSA) is 39.5 Å². The van der Waals surface area contributed by atoms with Crippen molar-refractivity contribution in [2.45, 2.75) is 33.2 Å². The molecule has 0 saturated carbocycles. The standard InChI is InChI=1S/C8H17N3/c1-7(10-9)6-11(5)8(2,3)4/h6,9H,1-5H3/b7-6-,10-9?. The second kappa shape index (κ2) is 3.51. The van der Waals surface area contributed by atoms with E-state index in [0.717, 1.165) is 5.70 Å². The Hall–Kier alpha value is -0.860. The molecule has 0 aromatic heterocycles. The maximum atomic E-state index is 6.74. The summed E-state index contributed by atoms with van der Waals surface area (Å²) in [4.78, 5) is 2.04. The number of nitrogens with zero attached hydrogens (tertiary/aromatic N) is 2. The van der Waals surface area contributed by atoms with Gasteiger partial charge in [0.25, 0.3) is 0 Å². The lowest BCUT2D eigenvalue weighted by Crippen LogP contribution is -2.33. The molecule has 3 heteroatoms. The first kappa shape index (κ1) is 10.1. The molecule has 0 spiro atoms. The predicted molar refractivity (Wildman–Crippen MR) is 46.4 cm³/mol. The van der Waals surface area contributed by atoms with E-state index in [1.807, 2.05) is 25.1 Å². The van der Waals surface area contributed by atoms with Crippen LogP contribution in [0.3, 0.4) is 0 Å². The molecule has 3 nitrogen and oxygen atoms in total. The minimum atomic E-state index is 0.103. The number of rotatable bonds is 2. The van der Waals surface area contributed by atoms with E-state index in [9.17, 15) is 0 Å². The Kier molecular flexibility index (Phi) is 3.23. The van der Waals surface area contributed by atoms with Crippen LogP contribution in [-0.4, -0.2) is 17.5 Å². The minimum absolute atomic E-state index is 0.103. The zero-order valence-electron chi connectivity index (χ0n) is 7.97. The Balaban J connectivity index is 4.28. The van der Waals surface area contributed by atoms with Gasteiger partial charge in [0.2, 0.25) is 0 Å². The normalized spacial score (nSPS) is 13.0. The molecule has 11 heavy (non-hydrogen) atoms. The van der Waals surface area contributed by atoms with Gasteiger partial charge in [-0.15, -0.1) is 0 Å². The molecule has 0 heterocycles. The van der Waals surface area contributed by atoms with E-state index in [0.29, 0.717) is 0 Å². The van der Waals surface area contributed by atoms with Gasteiger partial charge in [-0.1, -0.05) is 0 Å². The molecular formula is C8H17N3.